The predicted molar refractivity (Wildman–Crippen MR) is 354 cm³/mol. The lowest BCUT2D eigenvalue weighted by Crippen LogP contribution is -2.67. The lowest BCUT2D eigenvalue weighted by Gasteiger charge is -2.48. The molecule has 8 atom stereocenters. The second-order valence-electron chi connectivity index (χ2n) is 24.0. The zero-order valence-corrected chi connectivity index (χ0v) is 55.9. The van der Waals surface area contributed by atoms with Gasteiger partial charge in [0.15, 0.2) is 6.10 Å². The number of aliphatic hydroxyl groups excluding tert-OH is 1. The van der Waals surface area contributed by atoms with Crippen LogP contribution < -0.4 is 0 Å². The van der Waals surface area contributed by atoms with Crippen LogP contribution in [0.25, 0.3) is 0 Å². The molecular weight excluding hydrogens is 1170 g/mol. The molecule has 0 amide bonds. The molecule has 5 rings (SSSR count). The summed E-state index contributed by atoms with van der Waals surface area (Å²) in [6.45, 7) is 2.76. The maximum Gasteiger partial charge on any atom is 0.475 e. The molecule has 0 heterocycles. The molecule has 0 radical (unpaired) electrons. The van der Waals surface area contributed by atoms with Gasteiger partial charge in [0.25, 0.3) is 0 Å². The van der Waals surface area contributed by atoms with E-state index in [0.717, 1.165) is 67.2 Å². The number of phosphoric acid groups is 1. The number of esters is 2. The molecule has 1 fully saturated rings. The highest BCUT2D eigenvalue weighted by molar-refractivity contribution is 7.48. The largest absolute Gasteiger partial charge is 0.475 e. The number of carbonyl (C=O) groups excluding carboxylic acids is 2. The van der Waals surface area contributed by atoms with Crippen molar-refractivity contribution in [2.24, 2.45) is 0 Å². The van der Waals surface area contributed by atoms with E-state index in [9.17, 15) is 20.0 Å². The third-order valence-electron chi connectivity index (χ3n) is 16.3. The van der Waals surface area contributed by atoms with Crippen LogP contribution in [0.4, 0.5) is 0 Å². The zero-order valence-electron chi connectivity index (χ0n) is 55.0. The van der Waals surface area contributed by atoms with Gasteiger partial charge in [-0.25, -0.2) is 4.57 Å². The van der Waals surface area contributed by atoms with Crippen molar-refractivity contribution < 1.29 is 70.7 Å². The average Bonchev–Trinajstić information content (AvgIpc) is 0.784. The van der Waals surface area contributed by atoms with Gasteiger partial charge in [-0.1, -0.05) is 289 Å². The Morgan fingerprint density at radius 1 is 0.451 bits per heavy atom. The summed E-state index contributed by atoms with van der Waals surface area (Å²) in [5, 5.41) is 22.5. The van der Waals surface area contributed by atoms with Gasteiger partial charge in [0.05, 0.1) is 52.1 Å². The van der Waals surface area contributed by atoms with Crippen LogP contribution in [0.1, 0.15) is 222 Å². The van der Waals surface area contributed by atoms with Crippen LogP contribution in [-0.4, -0.2) is 93.2 Å². The molecule has 0 saturated heterocycles. The molecule has 91 heavy (non-hydrogen) atoms. The zero-order chi connectivity index (χ0) is 64.5. The van der Waals surface area contributed by atoms with Crippen molar-refractivity contribution in [3.05, 3.63) is 144 Å². The molecule has 17 heteroatoms. The first-order valence-corrected chi connectivity index (χ1v) is 35.9. The highest BCUT2D eigenvalue weighted by atomic mass is 31.2. The molecule has 1 unspecified atom stereocenters. The molecule has 1 aliphatic rings. The number of carbonyl (C=O) groups is 2. The first-order valence-electron chi connectivity index (χ1n) is 34.5. The minimum atomic E-state index is -4.95. The van der Waals surface area contributed by atoms with Crippen molar-refractivity contribution >= 4 is 19.8 Å². The lowest BCUT2D eigenvalue weighted by atomic mass is 9.84. The molecule has 1 N–H and O–H groups in total. The minimum Gasteiger partial charge on any atom is -0.462 e. The molecule has 4 aromatic carbocycles. The number of benzene rings is 4. The number of hydrogen-bond donors (Lipinski definition) is 1. The van der Waals surface area contributed by atoms with E-state index in [0.29, 0.717) is 12.8 Å². The Bertz CT molecular complexity index is 2510. The minimum absolute atomic E-state index is 0.0316. The molecule has 4 aromatic rings. The number of hydrogen-bond acceptors (Lipinski definition) is 16. The Morgan fingerprint density at radius 2 is 0.813 bits per heavy atom. The van der Waals surface area contributed by atoms with E-state index >= 15 is 4.57 Å². The number of nitrogens with zero attached hydrogens (tertiary/aromatic N) is 1. The van der Waals surface area contributed by atoms with Crippen LogP contribution >= 0.6 is 7.82 Å². The lowest BCUT2D eigenvalue weighted by molar-refractivity contribution is -0.288. The molecular formula is C74H110NO15P. The van der Waals surface area contributed by atoms with Gasteiger partial charge in [-0.15, -0.1) is 0 Å². The molecule has 506 valence electrons. The third kappa shape index (κ3) is 34.2. The maximum atomic E-state index is 15.6. The molecule has 0 spiro atoms. The standard InChI is InChI=1S/C74H110NO15P/c1-3-5-7-9-11-13-15-17-19-21-23-25-39-50-67(76)82-58-66(89-68(77)51-40-26-24-22-20-18-16-14-12-10-8-6-4-2)59-88-91(79,87-53-41-52-75)90-74-71(85-60-80-54-62-42-31-27-32-43-62)69(78)70(83-56-64-46-35-29-36-47-64)72(84-57-65-48-37-30-38-49-65)73(74)86-61-81-55-63-44-33-28-34-45-63/h27-38,42-49,66,69-74,78H,3-26,39-41,50-51,53-61H2,1-2H3/t66-,69+,70+,71+,72-,73+,74+,91?/m0/s1. The summed E-state index contributed by atoms with van der Waals surface area (Å²) >= 11 is 0. The van der Waals surface area contributed by atoms with Gasteiger partial charge in [-0.05, 0) is 35.1 Å². The molecule has 1 aliphatic carbocycles. The van der Waals surface area contributed by atoms with E-state index in [4.69, 9.17) is 51.5 Å². The summed E-state index contributed by atoms with van der Waals surface area (Å²) in [6.07, 6.45) is 20.8. The summed E-state index contributed by atoms with van der Waals surface area (Å²) < 4.78 is 84.7. The summed E-state index contributed by atoms with van der Waals surface area (Å²) in [5.41, 5.74) is 3.36. The Kier molecular flexibility index (Phi) is 42.0. The van der Waals surface area contributed by atoms with Gasteiger partial charge >= 0.3 is 19.8 Å². The Balaban J connectivity index is 1.36. The Morgan fingerprint density at radius 3 is 1.24 bits per heavy atom. The Labute approximate surface area is 545 Å². The van der Waals surface area contributed by atoms with E-state index < -0.39 is 82.3 Å². The van der Waals surface area contributed by atoms with Crippen molar-refractivity contribution in [2.75, 3.05) is 33.4 Å². The van der Waals surface area contributed by atoms with E-state index in [1.165, 1.54) is 109 Å². The van der Waals surface area contributed by atoms with Gasteiger partial charge < -0.3 is 43.0 Å². The molecule has 0 aliphatic heterocycles. The van der Waals surface area contributed by atoms with E-state index in [2.05, 4.69) is 13.8 Å². The van der Waals surface area contributed by atoms with E-state index in [1.807, 2.05) is 127 Å². The average molecular weight is 1280 g/mol. The maximum absolute atomic E-state index is 15.6. The van der Waals surface area contributed by atoms with Crippen molar-refractivity contribution in [1.82, 2.24) is 0 Å². The monoisotopic (exact) mass is 1280 g/mol. The molecule has 0 bridgehead atoms. The van der Waals surface area contributed by atoms with Gasteiger partial charge in [0.2, 0.25) is 0 Å². The number of unbranched alkanes of at least 4 members (excludes halogenated alkanes) is 24. The quantitative estimate of drug-likeness (QED) is 0.0189. The van der Waals surface area contributed by atoms with Gasteiger partial charge in [-0.2, -0.15) is 5.26 Å². The number of nitriles is 1. The normalized spacial score (nSPS) is 18.3. The van der Waals surface area contributed by atoms with E-state index in [-0.39, 0.29) is 59.3 Å². The van der Waals surface area contributed by atoms with Crippen LogP contribution in [0.3, 0.4) is 0 Å². The molecule has 16 nitrogen and oxygen atoms in total. The van der Waals surface area contributed by atoms with Gasteiger partial charge in [0, 0.05) is 12.8 Å². The van der Waals surface area contributed by atoms with Crippen molar-refractivity contribution in [3.63, 3.8) is 0 Å². The number of ether oxygens (including phenoxy) is 8. The second kappa shape index (κ2) is 49.7. The first kappa shape index (κ1) is 76.8. The summed E-state index contributed by atoms with van der Waals surface area (Å²) in [5.74, 6) is -0.996. The van der Waals surface area contributed by atoms with Crippen LogP contribution in [0.15, 0.2) is 121 Å². The van der Waals surface area contributed by atoms with E-state index in [1.54, 1.807) is 0 Å². The second-order valence-corrected chi connectivity index (χ2v) is 25.6. The predicted octanol–water partition coefficient (Wildman–Crippen LogP) is 17.5. The van der Waals surface area contributed by atoms with Crippen molar-refractivity contribution in [2.45, 2.75) is 269 Å². The number of rotatable bonds is 55. The summed E-state index contributed by atoms with van der Waals surface area (Å²) in [4.78, 5) is 27.1. The molecule has 0 aromatic heterocycles. The van der Waals surface area contributed by atoms with Gasteiger partial charge in [-0.3, -0.25) is 23.2 Å². The fourth-order valence-electron chi connectivity index (χ4n) is 11.1. The summed E-state index contributed by atoms with van der Waals surface area (Å²) in [6, 6.07) is 39.9. The topological polar surface area (TPSA) is 197 Å². The third-order valence-corrected chi connectivity index (χ3v) is 17.7. The van der Waals surface area contributed by atoms with Crippen LogP contribution in [0, 0.1) is 11.3 Å². The summed E-state index contributed by atoms with van der Waals surface area (Å²) in [7, 11) is -4.95. The highest BCUT2D eigenvalue weighted by Crippen LogP contribution is 2.53. The number of phosphoric ester groups is 1. The number of aliphatic hydroxyl groups is 1. The van der Waals surface area contributed by atoms with Crippen LogP contribution in [0.5, 0.6) is 0 Å². The van der Waals surface area contributed by atoms with Crippen LogP contribution in [0.2, 0.25) is 0 Å². The Hall–Kier alpha value is -4.86. The van der Waals surface area contributed by atoms with Gasteiger partial charge in [0.1, 0.15) is 56.8 Å². The van der Waals surface area contributed by atoms with Crippen LogP contribution in [-0.2, 0) is 92.0 Å². The highest BCUT2D eigenvalue weighted by Gasteiger charge is 2.56. The SMILES string of the molecule is CCCCCCCCCCCCCCCC(=O)OC[C@@H](COP(=O)(OCCC#N)O[C@H]1[C@H](OCOCc2ccccc2)[C@@H](OCc2ccccc2)[C@H](OCc2ccccc2)[C@@H](O)[C@H]1OCOCc1ccccc1)OC(=O)CCCCCCCCCCCCCCC. The fraction of sp³-hybridized carbons (Fsp3) is 0.635. The van der Waals surface area contributed by atoms with Crippen molar-refractivity contribution in [1.29, 1.82) is 5.26 Å². The van der Waals surface area contributed by atoms with Crippen molar-refractivity contribution in [3.8, 4) is 6.07 Å². The molecule has 1 saturated carbocycles. The fourth-order valence-corrected chi connectivity index (χ4v) is 12.5. The smallest absolute Gasteiger partial charge is 0.462 e. The first-order chi connectivity index (χ1) is 44.7.